The highest BCUT2D eigenvalue weighted by atomic mass is 35.5. The first-order valence-corrected chi connectivity index (χ1v) is 6.99. The molecule has 19 heavy (non-hydrogen) atoms. The monoisotopic (exact) mass is 296 g/mol. The van der Waals surface area contributed by atoms with Gasteiger partial charge in [0, 0.05) is 24.6 Å². The van der Waals surface area contributed by atoms with Gasteiger partial charge in [0.15, 0.2) is 5.16 Å². The van der Waals surface area contributed by atoms with Crippen LogP contribution in [0.4, 0.5) is 5.82 Å². The second kappa shape index (κ2) is 6.08. The Labute approximate surface area is 119 Å². The van der Waals surface area contributed by atoms with Gasteiger partial charge < -0.3 is 10.3 Å². The van der Waals surface area contributed by atoms with Crippen LogP contribution in [-0.4, -0.2) is 22.0 Å². The molecule has 0 saturated heterocycles. The Morgan fingerprint density at radius 3 is 2.89 bits per heavy atom. The van der Waals surface area contributed by atoms with Crippen molar-refractivity contribution in [3.05, 3.63) is 45.0 Å². The third-order valence-corrected chi connectivity index (χ3v) is 3.60. The molecule has 0 fully saturated rings. The zero-order valence-electron chi connectivity index (χ0n) is 10.5. The number of nitrogens with zero attached hydrogens (tertiary/aromatic N) is 2. The molecular weight excluding hydrogens is 284 g/mol. The van der Waals surface area contributed by atoms with Crippen molar-refractivity contribution in [2.45, 2.75) is 17.8 Å². The number of rotatable bonds is 4. The van der Waals surface area contributed by atoms with Crippen LogP contribution in [0.15, 0.2) is 28.2 Å². The molecule has 0 aliphatic carbocycles. The molecule has 0 aliphatic rings. The molecule has 0 bridgehead atoms. The minimum Gasteiger partial charge on any atom is -0.373 e. The fourth-order valence-electron chi connectivity index (χ4n) is 1.48. The van der Waals surface area contributed by atoms with Crippen LogP contribution in [0.1, 0.15) is 11.4 Å². The van der Waals surface area contributed by atoms with Crippen molar-refractivity contribution in [3.8, 4) is 0 Å². The van der Waals surface area contributed by atoms with Gasteiger partial charge in [-0.3, -0.25) is 4.79 Å². The van der Waals surface area contributed by atoms with Gasteiger partial charge in [0.25, 0.3) is 5.56 Å². The van der Waals surface area contributed by atoms with E-state index in [1.807, 2.05) is 6.07 Å². The summed E-state index contributed by atoms with van der Waals surface area (Å²) in [5.74, 6) is 1.30. The summed E-state index contributed by atoms with van der Waals surface area (Å²) in [6, 6.07) is 5.06. The zero-order valence-corrected chi connectivity index (χ0v) is 12.1. The number of H-pyrrole nitrogens is 1. The van der Waals surface area contributed by atoms with Gasteiger partial charge in [-0.05, 0) is 19.1 Å². The number of hydrogen-bond donors (Lipinski definition) is 2. The maximum Gasteiger partial charge on any atom is 0.251 e. The smallest absolute Gasteiger partial charge is 0.251 e. The zero-order chi connectivity index (χ0) is 13.8. The van der Waals surface area contributed by atoms with E-state index in [1.54, 1.807) is 20.0 Å². The molecule has 0 atom stereocenters. The summed E-state index contributed by atoms with van der Waals surface area (Å²) in [5.41, 5.74) is 1.29. The third kappa shape index (κ3) is 3.71. The molecule has 0 unspecified atom stereocenters. The minimum absolute atomic E-state index is 0.155. The van der Waals surface area contributed by atoms with E-state index in [0.717, 1.165) is 11.5 Å². The summed E-state index contributed by atoms with van der Waals surface area (Å²) >= 11 is 7.48. The summed E-state index contributed by atoms with van der Waals surface area (Å²) in [6.45, 7) is 1.78. The van der Waals surface area contributed by atoms with Gasteiger partial charge >= 0.3 is 0 Å². The van der Waals surface area contributed by atoms with Crippen LogP contribution in [0.25, 0.3) is 0 Å². The van der Waals surface area contributed by atoms with Crippen LogP contribution in [-0.2, 0) is 5.75 Å². The van der Waals surface area contributed by atoms with Crippen LogP contribution in [0.5, 0.6) is 0 Å². The van der Waals surface area contributed by atoms with Crippen LogP contribution < -0.4 is 10.9 Å². The van der Waals surface area contributed by atoms with E-state index in [1.165, 1.54) is 17.8 Å². The molecule has 2 N–H and O–H groups in total. The summed E-state index contributed by atoms with van der Waals surface area (Å²) in [5, 5.41) is 4.12. The molecule has 2 aromatic heterocycles. The van der Waals surface area contributed by atoms with Crippen molar-refractivity contribution in [3.63, 3.8) is 0 Å². The molecule has 2 rings (SSSR count). The molecule has 7 heteroatoms. The van der Waals surface area contributed by atoms with Gasteiger partial charge in [0.05, 0.1) is 10.7 Å². The number of aromatic nitrogens is 3. The van der Waals surface area contributed by atoms with Gasteiger partial charge in [0.2, 0.25) is 0 Å². The summed E-state index contributed by atoms with van der Waals surface area (Å²) in [7, 11) is 1.80. The number of aryl methyl sites for hydroxylation is 1. The van der Waals surface area contributed by atoms with Gasteiger partial charge in [-0.25, -0.2) is 9.97 Å². The molecule has 0 saturated carbocycles. The Kier molecular flexibility index (Phi) is 4.44. The van der Waals surface area contributed by atoms with Crippen LogP contribution in [0.3, 0.4) is 0 Å². The van der Waals surface area contributed by atoms with E-state index in [9.17, 15) is 4.79 Å². The molecule has 100 valence electrons. The molecule has 0 aromatic carbocycles. The number of nitrogens with one attached hydrogen (secondary N) is 2. The minimum atomic E-state index is -0.155. The number of halogens is 1. The van der Waals surface area contributed by atoms with Crippen molar-refractivity contribution in [1.29, 1.82) is 0 Å². The van der Waals surface area contributed by atoms with E-state index < -0.39 is 0 Å². The lowest BCUT2D eigenvalue weighted by atomic mass is 10.3. The van der Waals surface area contributed by atoms with Crippen molar-refractivity contribution in [2.24, 2.45) is 0 Å². The van der Waals surface area contributed by atoms with Crippen molar-refractivity contribution in [2.75, 3.05) is 12.4 Å². The second-order valence-corrected chi connectivity index (χ2v) is 5.23. The number of aromatic amines is 1. The van der Waals surface area contributed by atoms with E-state index in [4.69, 9.17) is 11.6 Å². The standard InChI is InChI=1S/C12H13ClN4OS/c1-7-5-11(18)17-12(15-7)19-6-9-8(13)3-4-10(14-2)16-9/h3-5H,6H2,1-2H3,(H,14,16)(H,15,17,18). The molecule has 5 nitrogen and oxygen atoms in total. The number of thioether (sulfide) groups is 1. The Bertz CT molecular complexity index is 644. The van der Waals surface area contributed by atoms with Gasteiger partial charge in [-0.2, -0.15) is 0 Å². The van der Waals surface area contributed by atoms with Crippen LogP contribution >= 0.6 is 23.4 Å². The summed E-state index contributed by atoms with van der Waals surface area (Å²) in [4.78, 5) is 22.6. The lowest BCUT2D eigenvalue weighted by Crippen LogP contribution is -2.08. The van der Waals surface area contributed by atoms with E-state index in [2.05, 4.69) is 20.3 Å². The Hall–Kier alpha value is -1.53. The van der Waals surface area contributed by atoms with E-state index in [0.29, 0.717) is 21.6 Å². The molecule has 0 amide bonds. The first-order chi connectivity index (χ1) is 9.08. The van der Waals surface area contributed by atoms with E-state index >= 15 is 0 Å². The van der Waals surface area contributed by atoms with Gasteiger partial charge in [-0.1, -0.05) is 23.4 Å². The molecular formula is C12H13ClN4OS. The molecule has 0 aliphatic heterocycles. The second-order valence-electron chi connectivity index (χ2n) is 3.86. The largest absolute Gasteiger partial charge is 0.373 e. The highest BCUT2D eigenvalue weighted by Gasteiger charge is 2.06. The topological polar surface area (TPSA) is 70.7 Å². The van der Waals surface area contributed by atoms with Gasteiger partial charge in [0.1, 0.15) is 5.82 Å². The normalized spacial score (nSPS) is 10.5. The molecule has 2 heterocycles. The predicted molar refractivity (Wildman–Crippen MR) is 77.9 cm³/mol. The fourth-order valence-corrected chi connectivity index (χ4v) is 2.61. The molecule has 0 radical (unpaired) electrons. The number of hydrogen-bond acceptors (Lipinski definition) is 5. The Morgan fingerprint density at radius 1 is 1.42 bits per heavy atom. The summed E-state index contributed by atoms with van der Waals surface area (Å²) < 4.78 is 0. The SMILES string of the molecule is CNc1ccc(Cl)c(CSc2nc(C)cc(=O)[nH]2)n1. The highest BCUT2D eigenvalue weighted by Crippen LogP contribution is 2.24. The number of anilines is 1. The number of pyridine rings is 1. The Morgan fingerprint density at radius 2 is 2.21 bits per heavy atom. The maximum atomic E-state index is 11.3. The van der Waals surface area contributed by atoms with Crippen LogP contribution in [0, 0.1) is 6.92 Å². The third-order valence-electron chi connectivity index (χ3n) is 2.37. The van der Waals surface area contributed by atoms with Crippen LogP contribution in [0.2, 0.25) is 5.02 Å². The fraction of sp³-hybridized carbons (Fsp3) is 0.250. The first kappa shape index (κ1) is 13.9. The lowest BCUT2D eigenvalue weighted by Gasteiger charge is -2.06. The molecule has 2 aromatic rings. The van der Waals surface area contributed by atoms with Crippen molar-refractivity contribution in [1.82, 2.24) is 15.0 Å². The lowest BCUT2D eigenvalue weighted by molar-refractivity contribution is 0.904. The predicted octanol–water partition coefficient (Wildman–Crippen LogP) is 2.46. The average molecular weight is 297 g/mol. The van der Waals surface area contributed by atoms with E-state index in [-0.39, 0.29) is 5.56 Å². The molecule has 0 spiro atoms. The summed E-state index contributed by atoms with van der Waals surface area (Å²) in [6.07, 6.45) is 0. The van der Waals surface area contributed by atoms with Crippen molar-refractivity contribution >= 4 is 29.2 Å². The van der Waals surface area contributed by atoms with Gasteiger partial charge in [-0.15, -0.1) is 0 Å². The van der Waals surface area contributed by atoms with Crippen molar-refractivity contribution < 1.29 is 0 Å². The highest BCUT2D eigenvalue weighted by molar-refractivity contribution is 7.98. The quantitative estimate of drug-likeness (QED) is 0.670. The maximum absolute atomic E-state index is 11.3. The first-order valence-electron chi connectivity index (χ1n) is 5.62. The average Bonchev–Trinajstić information content (AvgIpc) is 2.37. The Balaban J connectivity index is 2.16.